The summed E-state index contributed by atoms with van der Waals surface area (Å²) >= 11 is 0. The third-order valence-electron chi connectivity index (χ3n) is 1.02. The molecule has 0 aromatic heterocycles. The number of hydrogen-bond donors (Lipinski definition) is 4. The minimum Gasteiger partial charge on any atom is -0.313 e. The van der Waals surface area contributed by atoms with E-state index in [1.54, 1.807) is 7.05 Å². The molecule has 0 bridgehead atoms. The molecule has 1 atom stereocenters. The lowest BCUT2D eigenvalue weighted by molar-refractivity contribution is 0.424. The molecule has 0 saturated carbocycles. The Morgan fingerprint density at radius 3 is 2.56 bits per heavy atom. The number of rotatable bonds is 5. The van der Waals surface area contributed by atoms with Gasteiger partial charge in [-0.1, -0.05) is 0 Å². The highest BCUT2D eigenvalue weighted by atomic mass is 15.4. The van der Waals surface area contributed by atoms with E-state index in [9.17, 15) is 0 Å². The zero-order chi connectivity index (χ0) is 7.11. The van der Waals surface area contributed by atoms with E-state index in [0.29, 0.717) is 6.42 Å². The first-order chi connectivity index (χ1) is 4.35. The topological polar surface area (TPSA) is 59.9 Å². The Morgan fingerprint density at radius 1 is 1.56 bits per heavy atom. The van der Waals surface area contributed by atoms with Crippen molar-refractivity contribution in [2.45, 2.75) is 12.6 Å². The second-order valence-electron chi connectivity index (χ2n) is 1.68. The van der Waals surface area contributed by atoms with Crippen molar-refractivity contribution in [3.8, 4) is 0 Å². The van der Waals surface area contributed by atoms with E-state index in [-0.39, 0.29) is 6.17 Å². The molecule has 0 aliphatic carbocycles. The maximum Gasteiger partial charge on any atom is 0.0751 e. The largest absolute Gasteiger partial charge is 0.313 e. The van der Waals surface area contributed by atoms with Gasteiger partial charge in [-0.25, -0.2) is 5.43 Å². The van der Waals surface area contributed by atoms with Crippen LogP contribution in [0.4, 0.5) is 0 Å². The van der Waals surface area contributed by atoms with Gasteiger partial charge in [-0.15, -0.1) is 0 Å². The van der Waals surface area contributed by atoms with Gasteiger partial charge in [0.05, 0.1) is 6.17 Å². The van der Waals surface area contributed by atoms with Crippen LogP contribution in [0.15, 0.2) is 0 Å². The minimum atomic E-state index is 0.160. The molecular weight excluding hydrogens is 116 g/mol. The highest BCUT2D eigenvalue weighted by Gasteiger charge is 1.98. The quantitative estimate of drug-likeness (QED) is 0.226. The highest BCUT2D eigenvalue weighted by molar-refractivity contribution is 5.53. The summed E-state index contributed by atoms with van der Waals surface area (Å²) in [4.78, 5) is 0. The lowest BCUT2D eigenvalue weighted by Crippen LogP contribution is -2.46. The SMILES string of the molecule is CNNC(CC=N)NC. The second-order valence-corrected chi connectivity index (χ2v) is 1.68. The molecule has 4 nitrogen and oxygen atoms in total. The fourth-order valence-corrected chi connectivity index (χ4v) is 0.541. The van der Waals surface area contributed by atoms with Crippen LogP contribution in [0, 0.1) is 5.41 Å². The van der Waals surface area contributed by atoms with Gasteiger partial charge < -0.3 is 10.7 Å². The predicted octanol–water partition coefficient (Wildman–Crippen LogP) is -0.704. The van der Waals surface area contributed by atoms with Gasteiger partial charge in [0.1, 0.15) is 0 Å². The van der Waals surface area contributed by atoms with Crippen molar-refractivity contribution in [1.82, 2.24) is 16.2 Å². The van der Waals surface area contributed by atoms with Crippen LogP contribution in [0.2, 0.25) is 0 Å². The molecule has 0 aliphatic rings. The van der Waals surface area contributed by atoms with Crippen LogP contribution >= 0.6 is 0 Å². The van der Waals surface area contributed by atoms with Crippen LogP contribution in [0.3, 0.4) is 0 Å². The Kier molecular flexibility index (Phi) is 5.40. The number of hydrogen-bond acceptors (Lipinski definition) is 4. The molecule has 4 heteroatoms. The Bertz CT molecular complexity index is 73.4. The fraction of sp³-hybridized carbons (Fsp3) is 0.800. The van der Waals surface area contributed by atoms with Gasteiger partial charge in [0, 0.05) is 6.42 Å². The molecule has 4 N–H and O–H groups in total. The maximum atomic E-state index is 6.78. The van der Waals surface area contributed by atoms with E-state index < -0.39 is 0 Å². The zero-order valence-electron chi connectivity index (χ0n) is 5.86. The van der Waals surface area contributed by atoms with Crippen molar-refractivity contribution in [1.29, 1.82) is 5.41 Å². The Hall–Kier alpha value is -0.450. The summed E-state index contributed by atoms with van der Waals surface area (Å²) in [7, 11) is 3.65. The van der Waals surface area contributed by atoms with Gasteiger partial charge in [0.2, 0.25) is 0 Å². The summed E-state index contributed by atoms with van der Waals surface area (Å²) in [6.45, 7) is 0. The van der Waals surface area contributed by atoms with Crippen LogP contribution in [-0.4, -0.2) is 26.5 Å². The van der Waals surface area contributed by atoms with E-state index in [2.05, 4.69) is 16.2 Å². The van der Waals surface area contributed by atoms with Gasteiger partial charge in [-0.05, 0) is 20.3 Å². The van der Waals surface area contributed by atoms with Crippen molar-refractivity contribution in [3.05, 3.63) is 0 Å². The highest BCUT2D eigenvalue weighted by Crippen LogP contribution is 1.77. The van der Waals surface area contributed by atoms with E-state index in [4.69, 9.17) is 5.41 Å². The number of nitrogens with one attached hydrogen (secondary N) is 4. The minimum absolute atomic E-state index is 0.160. The average Bonchev–Trinajstić information content (AvgIpc) is 1.88. The zero-order valence-corrected chi connectivity index (χ0v) is 5.86. The molecule has 0 amide bonds. The van der Waals surface area contributed by atoms with Crippen molar-refractivity contribution < 1.29 is 0 Å². The predicted molar refractivity (Wildman–Crippen MR) is 38.4 cm³/mol. The molecule has 0 aromatic rings. The molecule has 0 rings (SSSR count). The van der Waals surface area contributed by atoms with Crippen molar-refractivity contribution >= 4 is 6.21 Å². The lowest BCUT2D eigenvalue weighted by Gasteiger charge is -2.13. The molecule has 0 heterocycles. The molecule has 0 radical (unpaired) electrons. The Labute approximate surface area is 55.5 Å². The van der Waals surface area contributed by atoms with E-state index in [0.717, 1.165) is 0 Å². The summed E-state index contributed by atoms with van der Waals surface area (Å²) in [6.07, 6.45) is 2.22. The molecule has 9 heavy (non-hydrogen) atoms. The molecule has 0 aliphatic heterocycles. The molecule has 54 valence electrons. The summed E-state index contributed by atoms with van der Waals surface area (Å²) in [6, 6.07) is 0. The van der Waals surface area contributed by atoms with Crippen LogP contribution in [0.25, 0.3) is 0 Å². The molecule has 0 spiro atoms. The van der Waals surface area contributed by atoms with Gasteiger partial charge in [0.15, 0.2) is 0 Å². The second kappa shape index (κ2) is 5.68. The smallest absolute Gasteiger partial charge is 0.0751 e. The normalized spacial score (nSPS) is 13.1. The van der Waals surface area contributed by atoms with E-state index in [1.165, 1.54) is 6.21 Å². The summed E-state index contributed by atoms with van der Waals surface area (Å²) in [5, 5.41) is 9.76. The molecule has 0 fully saturated rings. The lowest BCUT2D eigenvalue weighted by atomic mass is 10.4. The Balaban J connectivity index is 3.28. The molecular formula is C5H14N4. The summed E-state index contributed by atoms with van der Waals surface area (Å²) < 4.78 is 0. The van der Waals surface area contributed by atoms with Crippen LogP contribution < -0.4 is 16.2 Å². The van der Waals surface area contributed by atoms with Crippen LogP contribution in [0.1, 0.15) is 6.42 Å². The molecule has 0 saturated heterocycles. The Morgan fingerprint density at radius 2 is 2.22 bits per heavy atom. The van der Waals surface area contributed by atoms with Gasteiger partial charge in [-0.2, -0.15) is 0 Å². The monoisotopic (exact) mass is 130 g/mol. The van der Waals surface area contributed by atoms with Crippen LogP contribution in [-0.2, 0) is 0 Å². The summed E-state index contributed by atoms with van der Waals surface area (Å²) in [5.41, 5.74) is 5.71. The van der Waals surface area contributed by atoms with E-state index >= 15 is 0 Å². The van der Waals surface area contributed by atoms with Gasteiger partial charge in [-0.3, -0.25) is 5.43 Å². The summed E-state index contributed by atoms with van der Waals surface area (Å²) in [5.74, 6) is 0. The van der Waals surface area contributed by atoms with Crippen LogP contribution in [0.5, 0.6) is 0 Å². The first-order valence-electron chi connectivity index (χ1n) is 2.93. The van der Waals surface area contributed by atoms with Crippen molar-refractivity contribution in [2.24, 2.45) is 0 Å². The van der Waals surface area contributed by atoms with Crippen molar-refractivity contribution in [2.75, 3.05) is 14.1 Å². The van der Waals surface area contributed by atoms with Gasteiger partial charge >= 0.3 is 0 Å². The fourth-order valence-electron chi connectivity index (χ4n) is 0.541. The maximum absolute atomic E-state index is 6.78. The van der Waals surface area contributed by atoms with E-state index in [1.807, 2.05) is 7.05 Å². The standard InChI is InChI=1S/C5H14N4/c1-7-5(3-4-6)9-8-2/h4-9H,3H2,1-2H3. The average molecular weight is 130 g/mol. The van der Waals surface area contributed by atoms with Crippen molar-refractivity contribution in [3.63, 3.8) is 0 Å². The number of hydrazine groups is 1. The molecule has 0 aromatic carbocycles. The first-order valence-corrected chi connectivity index (χ1v) is 2.93. The van der Waals surface area contributed by atoms with Gasteiger partial charge in [0.25, 0.3) is 0 Å². The third-order valence-corrected chi connectivity index (χ3v) is 1.02. The third kappa shape index (κ3) is 4.08. The molecule has 1 unspecified atom stereocenters. The first kappa shape index (κ1) is 8.55.